The van der Waals surface area contributed by atoms with Gasteiger partial charge < -0.3 is 18.9 Å². The number of esters is 2. The number of ether oxygens (including phenoxy) is 4. The Labute approximate surface area is 219 Å². The van der Waals surface area contributed by atoms with Gasteiger partial charge in [0.15, 0.2) is 0 Å². The van der Waals surface area contributed by atoms with Gasteiger partial charge in [-0.15, -0.1) is 0 Å². The summed E-state index contributed by atoms with van der Waals surface area (Å²) in [6.07, 6.45) is 4.13. The van der Waals surface area contributed by atoms with Gasteiger partial charge in [-0.05, 0) is 46.5 Å². The van der Waals surface area contributed by atoms with Crippen molar-refractivity contribution in [2.75, 3.05) is 13.2 Å². The van der Waals surface area contributed by atoms with Gasteiger partial charge in [-0.25, -0.2) is 9.59 Å². The highest BCUT2D eigenvalue weighted by molar-refractivity contribution is 5.96. The highest BCUT2D eigenvalue weighted by Crippen LogP contribution is 2.44. The van der Waals surface area contributed by atoms with Gasteiger partial charge in [0, 0.05) is 33.0 Å². The van der Waals surface area contributed by atoms with E-state index < -0.39 is 11.9 Å². The van der Waals surface area contributed by atoms with E-state index in [1.54, 1.807) is 13.8 Å². The van der Waals surface area contributed by atoms with Crippen molar-refractivity contribution in [1.29, 1.82) is 0 Å². The summed E-state index contributed by atoms with van der Waals surface area (Å²) in [5.41, 5.74) is 4.11. The van der Waals surface area contributed by atoms with Gasteiger partial charge in [-0.3, -0.25) is 0 Å². The minimum atomic E-state index is -0.414. The van der Waals surface area contributed by atoms with Gasteiger partial charge >= 0.3 is 11.9 Å². The Bertz CT molecular complexity index is 1220. The Kier molecular flexibility index (Phi) is 9.56. The monoisotopic (exact) mass is 506 g/mol. The van der Waals surface area contributed by atoms with Gasteiger partial charge in [-0.2, -0.15) is 0 Å². The first-order valence-electron chi connectivity index (χ1n) is 12.9. The van der Waals surface area contributed by atoms with Gasteiger partial charge in [0.2, 0.25) is 0 Å². The maximum Gasteiger partial charge on any atom is 0.333 e. The summed E-state index contributed by atoms with van der Waals surface area (Å²) in [7, 11) is 0. The van der Waals surface area contributed by atoms with Crippen LogP contribution in [0.5, 0.6) is 11.5 Å². The highest BCUT2D eigenvalue weighted by Gasteiger charge is 2.26. The highest BCUT2D eigenvalue weighted by atomic mass is 16.6. The van der Waals surface area contributed by atoms with E-state index in [0.29, 0.717) is 30.4 Å². The lowest BCUT2D eigenvalue weighted by Gasteiger charge is -2.27. The SMILES string of the molecule is C=C(C)C(=O)OC(CC)COc1c2c(c(OCC(CC)OC(=O)C(=C)C)c3ccccc13)CC(C)=CC2. The topological polar surface area (TPSA) is 71.1 Å². The van der Waals surface area contributed by atoms with Gasteiger partial charge in [0.1, 0.15) is 36.9 Å². The van der Waals surface area contributed by atoms with E-state index in [2.05, 4.69) is 26.2 Å². The Balaban J connectivity index is 1.96. The largest absolute Gasteiger partial charge is 0.489 e. The fourth-order valence-corrected chi connectivity index (χ4v) is 4.17. The van der Waals surface area contributed by atoms with Crippen LogP contribution in [0.4, 0.5) is 0 Å². The lowest BCUT2D eigenvalue weighted by Crippen LogP contribution is -2.26. The zero-order valence-electron chi connectivity index (χ0n) is 22.6. The molecular weight excluding hydrogens is 468 g/mol. The number of benzene rings is 2. The van der Waals surface area contributed by atoms with E-state index in [0.717, 1.165) is 39.8 Å². The summed E-state index contributed by atoms with van der Waals surface area (Å²) >= 11 is 0. The fraction of sp³-hybridized carbons (Fsp3) is 0.419. The molecule has 37 heavy (non-hydrogen) atoms. The molecule has 198 valence electrons. The van der Waals surface area contributed by atoms with Crippen molar-refractivity contribution < 1.29 is 28.5 Å². The van der Waals surface area contributed by atoms with Crippen molar-refractivity contribution in [3.05, 3.63) is 71.3 Å². The van der Waals surface area contributed by atoms with Crippen LogP contribution in [0.2, 0.25) is 0 Å². The van der Waals surface area contributed by atoms with E-state index in [1.165, 1.54) is 5.57 Å². The van der Waals surface area contributed by atoms with E-state index in [4.69, 9.17) is 18.9 Å². The molecule has 0 radical (unpaired) electrons. The third kappa shape index (κ3) is 6.82. The number of carbonyl (C=O) groups excluding carboxylic acids is 2. The van der Waals surface area contributed by atoms with Crippen molar-refractivity contribution in [2.45, 2.75) is 72.5 Å². The second kappa shape index (κ2) is 12.6. The number of allylic oxidation sites excluding steroid dienone is 2. The van der Waals surface area contributed by atoms with Crippen LogP contribution >= 0.6 is 0 Å². The number of rotatable bonds is 12. The normalized spacial score (nSPS) is 14.1. The van der Waals surface area contributed by atoms with Crippen LogP contribution in [0.15, 0.2) is 60.2 Å². The third-order valence-electron chi connectivity index (χ3n) is 6.42. The van der Waals surface area contributed by atoms with Crippen LogP contribution in [0.3, 0.4) is 0 Å². The van der Waals surface area contributed by atoms with Crippen LogP contribution < -0.4 is 9.47 Å². The van der Waals surface area contributed by atoms with Gasteiger partial charge in [-0.1, -0.05) is 62.9 Å². The summed E-state index contributed by atoms with van der Waals surface area (Å²) in [6.45, 7) is 17.1. The molecule has 6 nitrogen and oxygen atoms in total. The van der Waals surface area contributed by atoms with Crippen LogP contribution in [0, 0.1) is 0 Å². The Morgan fingerprint density at radius 2 is 1.30 bits per heavy atom. The minimum absolute atomic E-state index is 0.240. The molecule has 0 N–H and O–H groups in total. The molecule has 0 saturated carbocycles. The average molecular weight is 507 g/mol. The molecule has 3 rings (SSSR count). The molecule has 2 unspecified atom stereocenters. The molecule has 2 aromatic rings. The molecule has 1 aliphatic rings. The molecule has 0 spiro atoms. The zero-order valence-corrected chi connectivity index (χ0v) is 22.6. The van der Waals surface area contributed by atoms with E-state index in [9.17, 15) is 9.59 Å². The van der Waals surface area contributed by atoms with Gasteiger partial charge in [0.05, 0.1) is 0 Å². The molecule has 0 aliphatic heterocycles. The summed E-state index contributed by atoms with van der Waals surface area (Å²) < 4.78 is 23.9. The Morgan fingerprint density at radius 3 is 1.73 bits per heavy atom. The molecule has 6 heteroatoms. The predicted molar refractivity (Wildman–Crippen MR) is 146 cm³/mol. The predicted octanol–water partition coefficient (Wildman–Crippen LogP) is 6.44. The van der Waals surface area contributed by atoms with Crippen LogP contribution in [-0.2, 0) is 31.9 Å². The molecule has 0 aromatic heterocycles. The molecule has 2 atom stereocenters. The molecule has 0 fully saturated rings. The zero-order chi connectivity index (χ0) is 27.1. The summed E-state index contributed by atoms with van der Waals surface area (Å²) in [4.78, 5) is 24.1. The lowest BCUT2D eigenvalue weighted by molar-refractivity contribution is -0.146. The fourth-order valence-electron chi connectivity index (χ4n) is 4.17. The molecule has 1 aliphatic carbocycles. The smallest absolute Gasteiger partial charge is 0.333 e. The summed E-state index contributed by atoms with van der Waals surface area (Å²) in [6, 6.07) is 7.98. The van der Waals surface area contributed by atoms with Crippen molar-refractivity contribution in [1.82, 2.24) is 0 Å². The van der Waals surface area contributed by atoms with Crippen molar-refractivity contribution in [2.24, 2.45) is 0 Å². The maximum atomic E-state index is 12.1. The quantitative estimate of drug-likeness (QED) is 0.187. The second-order valence-electron chi connectivity index (χ2n) is 9.65. The van der Waals surface area contributed by atoms with Crippen LogP contribution in [0.25, 0.3) is 10.8 Å². The van der Waals surface area contributed by atoms with Gasteiger partial charge in [0.25, 0.3) is 0 Å². The van der Waals surface area contributed by atoms with E-state index in [1.807, 2.05) is 38.1 Å². The first-order chi connectivity index (χ1) is 17.7. The molecule has 0 amide bonds. The van der Waals surface area contributed by atoms with Crippen molar-refractivity contribution >= 4 is 22.7 Å². The number of fused-ring (bicyclic) bond motifs is 2. The Hall–Kier alpha value is -3.54. The molecule has 0 saturated heterocycles. The first-order valence-corrected chi connectivity index (χ1v) is 12.9. The van der Waals surface area contributed by atoms with E-state index in [-0.39, 0.29) is 25.4 Å². The van der Waals surface area contributed by atoms with Crippen molar-refractivity contribution in [3.8, 4) is 11.5 Å². The summed E-state index contributed by atoms with van der Waals surface area (Å²) in [5, 5.41) is 1.86. The van der Waals surface area contributed by atoms with Crippen molar-refractivity contribution in [3.63, 3.8) is 0 Å². The first kappa shape index (κ1) is 28.0. The molecule has 0 bridgehead atoms. The number of hydrogen-bond acceptors (Lipinski definition) is 6. The Morgan fingerprint density at radius 1 is 0.838 bits per heavy atom. The number of hydrogen-bond donors (Lipinski definition) is 0. The van der Waals surface area contributed by atoms with Crippen LogP contribution in [0.1, 0.15) is 58.6 Å². The molecular formula is C31H38O6. The second-order valence-corrected chi connectivity index (χ2v) is 9.65. The van der Waals surface area contributed by atoms with E-state index >= 15 is 0 Å². The summed E-state index contributed by atoms with van der Waals surface area (Å²) in [5.74, 6) is 0.744. The number of carbonyl (C=O) groups is 2. The standard InChI is InChI=1S/C31H38O6/c1-8-22(36-30(32)19(3)4)17-34-28-24-12-10-11-13-25(24)29(27-16-21(7)14-15-26(27)28)35-18-23(9-2)37-31(33)20(5)6/h10-14,22-23H,3,5,8-9,15-18H2,1-2,4,6-7H3. The van der Waals surface area contributed by atoms with Crippen LogP contribution in [-0.4, -0.2) is 37.4 Å². The average Bonchev–Trinajstić information content (AvgIpc) is 2.88. The maximum absolute atomic E-state index is 12.1. The third-order valence-corrected chi connectivity index (χ3v) is 6.42. The molecule has 2 aromatic carbocycles. The lowest BCUT2D eigenvalue weighted by atomic mass is 9.87. The minimum Gasteiger partial charge on any atom is -0.489 e. The molecule has 0 heterocycles.